The molecule has 1 aromatic rings. The van der Waals surface area contributed by atoms with Crippen LogP contribution in [0, 0.1) is 10.1 Å². The largest absolute Gasteiger partial charge is 0.468 e. The standard InChI is InChI=1S/C22H23N3O7.C2H6/c1-6-8-9-15(7-2)19-18(20(26)30-4)14(3)23-21(31-5)24(19)22(27)32-17-12-10-16(11-13-17)25(28)29;1-2/h6-13,19H,1H2,2-5H3;1-2H3/b9-8-,15-7+;. The molecule has 10 heteroatoms. The van der Waals surface area contributed by atoms with Gasteiger partial charge in [-0.1, -0.05) is 44.7 Å². The summed E-state index contributed by atoms with van der Waals surface area (Å²) in [7, 11) is 2.55. The topological polar surface area (TPSA) is 121 Å². The van der Waals surface area contributed by atoms with Crippen LogP contribution in [-0.2, 0) is 14.3 Å². The number of hydrogen-bond acceptors (Lipinski definition) is 8. The molecule has 0 bridgehead atoms. The minimum Gasteiger partial charge on any atom is -0.468 e. The van der Waals surface area contributed by atoms with Crippen LogP contribution in [0.3, 0.4) is 0 Å². The highest BCUT2D eigenvalue weighted by molar-refractivity contribution is 6.00. The molecule has 0 radical (unpaired) electrons. The fraction of sp³-hybridized carbons (Fsp3) is 0.292. The third kappa shape index (κ3) is 6.41. The van der Waals surface area contributed by atoms with Crippen molar-refractivity contribution in [3.63, 3.8) is 0 Å². The predicted molar refractivity (Wildman–Crippen MR) is 128 cm³/mol. The van der Waals surface area contributed by atoms with Crippen molar-refractivity contribution >= 4 is 23.8 Å². The van der Waals surface area contributed by atoms with Crippen molar-refractivity contribution in [3.05, 3.63) is 82.1 Å². The minimum atomic E-state index is -0.971. The summed E-state index contributed by atoms with van der Waals surface area (Å²) in [6.07, 6.45) is 5.68. The van der Waals surface area contributed by atoms with Gasteiger partial charge in [0.05, 0.1) is 30.4 Å². The molecule has 1 aromatic carbocycles. The van der Waals surface area contributed by atoms with Gasteiger partial charge in [0.2, 0.25) is 0 Å². The second-order valence-corrected chi connectivity index (χ2v) is 6.36. The summed E-state index contributed by atoms with van der Waals surface area (Å²) in [4.78, 5) is 41.4. The van der Waals surface area contributed by atoms with Crippen LogP contribution in [0.25, 0.3) is 0 Å². The van der Waals surface area contributed by atoms with E-state index in [1.54, 1.807) is 38.2 Å². The number of amidine groups is 1. The van der Waals surface area contributed by atoms with E-state index in [2.05, 4.69) is 11.6 Å². The van der Waals surface area contributed by atoms with Gasteiger partial charge in [-0.05, 0) is 31.6 Å². The normalized spacial score (nSPS) is 15.7. The molecule has 0 aromatic heterocycles. The Hall–Kier alpha value is -4.21. The van der Waals surface area contributed by atoms with Gasteiger partial charge in [0.1, 0.15) is 11.8 Å². The van der Waals surface area contributed by atoms with E-state index in [-0.39, 0.29) is 23.0 Å². The first-order valence-electron chi connectivity index (χ1n) is 10.4. The average molecular weight is 472 g/mol. The van der Waals surface area contributed by atoms with Gasteiger partial charge in [0.25, 0.3) is 5.69 Å². The molecule has 0 saturated carbocycles. The maximum atomic E-state index is 13.2. The second kappa shape index (κ2) is 13.4. The molecule has 0 saturated heterocycles. The Kier molecular flexibility index (Phi) is 10.9. The molecule has 0 fully saturated rings. The molecule has 1 amide bonds. The van der Waals surface area contributed by atoms with Crippen LogP contribution in [-0.4, -0.2) is 48.2 Å². The SMILES string of the molecule is C=C/C=C\C(=C/C)C1C(C(=O)OC)=C(C)N=C(OC)N1C(=O)Oc1ccc([N+](=O)[O-])cc1.CC. The number of carbonyl (C=O) groups is 2. The van der Waals surface area contributed by atoms with Gasteiger partial charge in [0.15, 0.2) is 0 Å². The second-order valence-electron chi connectivity index (χ2n) is 6.36. The average Bonchev–Trinajstić information content (AvgIpc) is 2.85. The van der Waals surface area contributed by atoms with E-state index in [4.69, 9.17) is 14.2 Å². The van der Waals surface area contributed by atoms with Crippen LogP contribution in [0.15, 0.2) is 77.0 Å². The number of esters is 1. The number of amides is 1. The number of carbonyl (C=O) groups excluding carboxylic acids is 2. The molecule has 34 heavy (non-hydrogen) atoms. The van der Waals surface area contributed by atoms with Crippen molar-refractivity contribution in [1.29, 1.82) is 0 Å². The summed E-state index contributed by atoms with van der Waals surface area (Å²) in [5, 5.41) is 10.8. The molecule has 1 heterocycles. The summed E-state index contributed by atoms with van der Waals surface area (Å²) in [6, 6.07) is 3.91. The van der Waals surface area contributed by atoms with Crippen molar-refractivity contribution in [2.45, 2.75) is 33.7 Å². The lowest BCUT2D eigenvalue weighted by atomic mass is 9.94. The molecule has 1 atom stereocenters. The first kappa shape index (κ1) is 27.8. The number of nitro groups is 1. The highest BCUT2D eigenvalue weighted by Crippen LogP contribution is 2.31. The maximum absolute atomic E-state index is 13.2. The van der Waals surface area contributed by atoms with Gasteiger partial charge in [-0.15, -0.1) is 0 Å². The summed E-state index contributed by atoms with van der Waals surface area (Å²) in [6.45, 7) is 11.0. The number of rotatable bonds is 6. The van der Waals surface area contributed by atoms with E-state index in [0.717, 1.165) is 4.90 Å². The summed E-state index contributed by atoms with van der Waals surface area (Å²) in [5.74, 6) is -0.616. The third-order valence-electron chi connectivity index (χ3n) is 4.50. The number of ether oxygens (including phenoxy) is 3. The quantitative estimate of drug-likeness (QED) is 0.249. The summed E-state index contributed by atoms with van der Waals surface area (Å²) >= 11 is 0. The number of aliphatic imine (C=N–C) groups is 1. The minimum absolute atomic E-state index is 0.0596. The number of nitrogens with zero attached hydrogens (tertiary/aromatic N) is 3. The molecule has 2 rings (SSSR count). The van der Waals surface area contributed by atoms with E-state index in [1.165, 1.54) is 38.5 Å². The van der Waals surface area contributed by atoms with Crippen molar-refractivity contribution < 1.29 is 28.7 Å². The van der Waals surface area contributed by atoms with E-state index in [1.807, 2.05) is 13.8 Å². The molecular weight excluding hydrogens is 442 g/mol. The van der Waals surface area contributed by atoms with Gasteiger partial charge in [-0.3, -0.25) is 10.1 Å². The number of allylic oxidation sites excluding steroid dienone is 4. The Morgan fingerprint density at radius 2 is 1.82 bits per heavy atom. The molecule has 0 N–H and O–H groups in total. The van der Waals surface area contributed by atoms with Gasteiger partial charge >= 0.3 is 18.1 Å². The van der Waals surface area contributed by atoms with E-state index < -0.39 is 23.0 Å². The summed E-state index contributed by atoms with van der Waals surface area (Å²) < 4.78 is 15.6. The zero-order valence-electron chi connectivity index (χ0n) is 20.1. The number of nitro benzene ring substituents is 1. The van der Waals surface area contributed by atoms with Crippen molar-refractivity contribution in [2.75, 3.05) is 14.2 Å². The van der Waals surface area contributed by atoms with Crippen LogP contribution >= 0.6 is 0 Å². The lowest BCUT2D eigenvalue weighted by molar-refractivity contribution is -0.384. The lowest BCUT2D eigenvalue weighted by Gasteiger charge is -2.35. The van der Waals surface area contributed by atoms with Gasteiger partial charge < -0.3 is 14.2 Å². The lowest BCUT2D eigenvalue weighted by Crippen LogP contribution is -2.51. The predicted octanol–water partition coefficient (Wildman–Crippen LogP) is 4.94. The number of methoxy groups -OCH3 is 2. The van der Waals surface area contributed by atoms with Crippen molar-refractivity contribution in [2.24, 2.45) is 4.99 Å². The van der Waals surface area contributed by atoms with Crippen LogP contribution in [0.4, 0.5) is 10.5 Å². The molecule has 182 valence electrons. The zero-order valence-corrected chi connectivity index (χ0v) is 20.1. The fourth-order valence-electron chi connectivity index (χ4n) is 3.02. The first-order chi connectivity index (χ1) is 16.3. The number of non-ortho nitro benzene ring substituents is 1. The maximum Gasteiger partial charge on any atom is 0.424 e. The molecular formula is C24H29N3O7. The molecule has 0 spiro atoms. The number of benzene rings is 1. The fourth-order valence-corrected chi connectivity index (χ4v) is 3.02. The number of hydrogen-bond donors (Lipinski definition) is 0. The van der Waals surface area contributed by atoms with E-state index >= 15 is 0 Å². The molecule has 10 nitrogen and oxygen atoms in total. The van der Waals surface area contributed by atoms with Gasteiger partial charge in [-0.2, -0.15) is 0 Å². The molecule has 1 unspecified atom stereocenters. The van der Waals surface area contributed by atoms with Crippen molar-refractivity contribution in [3.8, 4) is 5.75 Å². The van der Waals surface area contributed by atoms with E-state index in [9.17, 15) is 19.7 Å². The highest BCUT2D eigenvalue weighted by atomic mass is 16.6. The highest BCUT2D eigenvalue weighted by Gasteiger charge is 2.42. The third-order valence-corrected chi connectivity index (χ3v) is 4.50. The Morgan fingerprint density at radius 3 is 2.29 bits per heavy atom. The molecule has 0 aliphatic carbocycles. The van der Waals surface area contributed by atoms with Crippen LogP contribution in [0.2, 0.25) is 0 Å². The molecule has 1 aliphatic rings. The zero-order chi connectivity index (χ0) is 25.8. The Morgan fingerprint density at radius 1 is 1.21 bits per heavy atom. The first-order valence-corrected chi connectivity index (χ1v) is 10.4. The Labute approximate surface area is 198 Å². The Bertz CT molecular complexity index is 1040. The smallest absolute Gasteiger partial charge is 0.424 e. The van der Waals surface area contributed by atoms with Gasteiger partial charge in [0, 0.05) is 12.1 Å². The van der Waals surface area contributed by atoms with Crippen molar-refractivity contribution in [1.82, 2.24) is 4.90 Å². The molecule has 1 aliphatic heterocycles. The van der Waals surface area contributed by atoms with Crippen LogP contribution in [0.5, 0.6) is 5.75 Å². The monoisotopic (exact) mass is 471 g/mol. The summed E-state index contributed by atoms with van der Waals surface area (Å²) in [5.41, 5.74) is 0.826. The van der Waals surface area contributed by atoms with Crippen LogP contribution < -0.4 is 4.74 Å². The van der Waals surface area contributed by atoms with Gasteiger partial charge in [-0.25, -0.2) is 19.5 Å². The van der Waals surface area contributed by atoms with E-state index in [0.29, 0.717) is 11.3 Å². The van der Waals surface area contributed by atoms with Crippen LogP contribution in [0.1, 0.15) is 27.7 Å². The Balaban J connectivity index is 0.00000281.